The molecule has 184 valence electrons. The standard InChI is InChI=1S/C23H47N5O2.HI/c1-5-21(6-2)22(28-13-16-30-17-14-28)19-26-23(24-7-3)25-18-20-8-10-27(11-9-20)12-15-29-4;/h20-22H,5-19H2,1-4H3,(H2,24,25,26);1H. The van der Waals surface area contributed by atoms with E-state index in [1.54, 1.807) is 7.11 Å². The minimum Gasteiger partial charge on any atom is -0.383 e. The van der Waals surface area contributed by atoms with Gasteiger partial charge in [-0.1, -0.05) is 26.7 Å². The van der Waals surface area contributed by atoms with Gasteiger partial charge < -0.3 is 25.0 Å². The minimum atomic E-state index is 0. The first-order chi connectivity index (χ1) is 14.7. The Morgan fingerprint density at radius 3 is 2.32 bits per heavy atom. The largest absolute Gasteiger partial charge is 0.383 e. The van der Waals surface area contributed by atoms with Gasteiger partial charge in [0.15, 0.2) is 5.96 Å². The van der Waals surface area contributed by atoms with Gasteiger partial charge in [-0.05, 0) is 44.7 Å². The number of hydrogen-bond acceptors (Lipinski definition) is 5. The summed E-state index contributed by atoms with van der Waals surface area (Å²) in [5.41, 5.74) is 0. The zero-order valence-corrected chi connectivity index (χ0v) is 22.7. The van der Waals surface area contributed by atoms with E-state index in [0.29, 0.717) is 12.0 Å². The van der Waals surface area contributed by atoms with Crippen LogP contribution in [-0.2, 0) is 9.47 Å². The summed E-state index contributed by atoms with van der Waals surface area (Å²) in [7, 11) is 1.78. The zero-order valence-electron chi connectivity index (χ0n) is 20.4. The summed E-state index contributed by atoms with van der Waals surface area (Å²) in [6, 6.07) is 0.503. The van der Waals surface area contributed by atoms with E-state index < -0.39 is 0 Å². The van der Waals surface area contributed by atoms with Gasteiger partial charge in [-0.3, -0.25) is 9.89 Å². The molecule has 0 aromatic heterocycles. The molecule has 0 saturated carbocycles. The molecule has 7 nitrogen and oxygen atoms in total. The molecule has 1 atom stereocenters. The summed E-state index contributed by atoms with van der Waals surface area (Å²) in [5.74, 6) is 2.39. The predicted molar refractivity (Wildman–Crippen MR) is 141 cm³/mol. The molecule has 0 aromatic rings. The molecule has 2 N–H and O–H groups in total. The number of aliphatic imine (C=N–C) groups is 1. The van der Waals surface area contributed by atoms with E-state index in [4.69, 9.17) is 14.5 Å². The molecule has 0 amide bonds. The number of likely N-dealkylation sites (tertiary alicyclic amines) is 1. The molecule has 0 aliphatic carbocycles. The number of piperidine rings is 1. The van der Waals surface area contributed by atoms with Gasteiger partial charge in [-0.15, -0.1) is 24.0 Å². The SMILES string of the molecule is CCNC(=NCC(C(CC)CC)N1CCOCC1)NCC1CCN(CCOC)CC1.I. The van der Waals surface area contributed by atoms with Crippen molar-refractivity contribution in [3.05, 3.63) is 0 Å². The average molecular weight is 554 g/mol. The number of nitrogens with zero attached hydrogens (tertiary/aromatic N) is 3. The fourth-order valence-electron chi connectivity index (χ4n) is 4.71. The molecule has 0 radical (unpaired) electrons. The van der Waals surface area contributed by atoms with E-state index in [-0.39, 0.29) is 24.0 Å². The monoisotopic (exact) mass is 553 g/mol. The van der Waals surface area contributed by atoms with Crippen LogP contribution in [0.15, 0.2) is 4.99 Å². The van der Waals surface area contributed by atoms with Gasteiger partial charge in [0.05, 0.1) is 26.4 Å². The van der Waals surface area contributed by atoms with Gasteiger partial charge in [0.2, 0.25) is 0 Å². The van der Waals surface area contributed by atoms with Crippen LogP contribution in [0.2, 0.25) is 0 Å². The van der Waals surface area contributed by atoms with Crippen molar-refractivity contribution in [3.8, 4) is 0 Å². The quantitative estimate of drug-likeness (QED) is 0.220. The lowest BCUT2D eigenvalue weighted by Crippen LogP contribution is -2.49. The van der Waals surface area contributed by atoms with Gasteiger partial charge in [0, 0.05) is 45.9 Å². The summed E-state index contributed by atoms with van der Waals surface area (Å²) < 4.78 is 10.8. The van der Waals surface area contributed by atoms with Crippen LogP contribution >= 0.6 is 24.0 Å². The second kappa shape index (κ2) is 17.3. The molecule has 2 rings (SSSR count). The lowest BCUT2D eigenvalue weighted by Gasteiger charge is -2.38. The van der Waals surface area contributed by atoms with E-state index >= 15 is 0 Å². The maximum atomic E-state index is 5.58. The van der Waals surface area contributed by atoms with Crippen molar-refractivity contribution in [2.75, 3.05) is 79.3 Å². The third-order valence-electron chi connectivity index (χ3n) is 6.77. The van der Waals surface area contributed by atoms with Crippen LogP contribution in [0.25, 0.3) is 0 Å². The number of halogens is 1. The average Bonchev–Trinajstić information content (AvgIpc) is 2.80. The number of nitrogens with one attached hydrogen (secondary N) is 2. The second-order valence-electron chi connectivity index (χ2n) is 8.67. The molecule has 0 aromatic carbocycles. The molecule has 0 spiro atoms. The minimum absolute atomic E-state index is 0. The Balaban J connectivity index is 0.00000480. The first-order valence-corrected chi connectivity index (χ1v) is 12.3. The lowest BCUT2D eigenvalue weighted by molar-refractivity contribution is 0.00395. The Morgan fingerprint density at radius 2 is 1.74 bits per heavy atom. The normalized spacial score (nSPS) is 20.5. The Bertz CT molecular complexity index is 465. The highest BCUT2D eigenvalue weighted by atomic mass is 127. The number of methoxy groups -OCH3 is 1. The molecule has 1 unspecified atom stereocenters. The fourth-order valence-corrected chi connectivity index (χ4v) is 4.71. The molecule has 2 heterocycles. The van der Waals surface area contributed by atoms with E-state index in [9.17, 15) is 0 Å². The van der Waals surface area contributed by atoms with Crippen LogP contribution in [0.4, 0.5) is 0 Å². The highest BCUT2D eigenvalue weighted by Crippen LogP contribution is 2.20. The summed E-state index contributed by atoms with van der Waals surface area (Å²) in [6.07, 6.45) is 4.92. The van der Waals surface area contributed by atoms with E-state index in [0.717, 1.165) is 71.0 Å². The fraction of sp³-hybridized carbons (Fsp3) is 0.957. The van der Waals surface area contributed by atoms with Crippen LogP contribution in [0.5, 0.6) is 0 Å². The molecule has 8 heteroatoms. The summed E-state index contributed by atoms with van der Waals surface area (Å²) in [6.45, 7) is 17.5. The van der Waals surface area contributed by atoms with Crippen molar-refractivity contribution in [3.63, 3.8) is 0 Å². The van der Waals surface area contributed by atoms with Gasteiger partial charge >= 0.3 is 0 Å². The van der Waals surface area contributed by atoms with Gasteiger partial charge in [0.25, 0.3) is 0 Å². The zero-order chi connectivity index (χ0) is 21.6. The number of ether oxygens (including phenoxy) is 2. The number of hydrogen-bond donors (Lipinski definition) is 2. The van der Waals surface area contributed by atoms with Crippen LogP contribution in [0, 0.1) is 11.8 Å². The number of rotatable bonds is 12. The van der Waals surface area contributed by atoms with Crippen molar-refractivity contribution < 1.29 is 9.47 Å². The first kappa shape index (κ1) is 28.9. The molecular weight excluding hydrogens is 505 g/mol. The summed E-state index contributed by atoms with van der Waals surface area (Å²) >= 11 is 0. The molecule has 2 saturated heterocycles. The molecule has 2 aliphatic heterocycles. The van der Waals surface area contributed by atoms with Crippen molar-refractivity contribution in [2.45, 2.75) is 52.5 Å². The number of guanidine groups is 1. The number of morpholine rings is 1. The Morgan fingerprint density at radius 1 is 1.06 bits per heavy atom. The van der Waals surface area contributed by atoms with Crippen LogP contribution in [0.3, 0.4) is 0 Å². The Kier molecular flexibility index (Phi) is 16.1. The molecule has 0 bridgehead atoms. The molecule has 2 aliphatic rings. The van der Waals surface area contributed by atoms with Gasteiger partial charge in [0.1, 0.15) is 0 Å². The lowest BCUT2D eigenvalue weighted by atomic mass is 9.92. The predicted octanol–water partition coefficient (Wildman–Crippen LogP) is 2.65. The first-order valence-electron chi connectivity index (χ1n) is 12.3. The van der Waals surface area contributed by atoms with Crippen LogP contribution in [0.1, 0.15) is 46.5 Å². The second-order valence-corrected chi connectivity index (χ2v) is 8.67. The Labute approximate surface area is 208 Å². The summed E-state index contributed by atoms with van der Waals surface area (Å²) in [5, 5.41) is 7.09. The topological polar surface area (TPSA) is 61.4 Å². The van der Waals surface area contributed by atoms with Crippen molar-refractivity contribution in [2.24, 2.45) is 16.8 Å². The van der Waals surface area contributed by atoms with Crippen LogP contribution < -0.4 is 10.6 Å². The van der Waals surface area contributed by atoms with Crippen molar-refractivity contribution in [1.29, 1.82) is 0 Å². The third kappa shape index (κ3) is 10.5. The van der Waals surface area contributed by atoms with Crippen molar-refractivity contribution >= 4 is 29.9 Å². The van der Waals surface area contributed by atoms with Crippen molar-refractivity contribution in [1.82, 2.24) is 20.4 Å². The molecule has 2 fully saturated rings. The maximum absolute atomic E-state index is 5.58. The molecule has 31 heavy (non-hydrogen) atoms. The molecular formula is C23H48IN5O2. The smallest absolute Gasteiger partial charge is 0.191 e. The van der Waals surface area contributed by atoms with E-state index in [1.807, 2.05) is 0 Å². The summed E-state index contributed by atoms with van der Waals surface area (Å²) in [4.78, 5) is 10.1. The van der Waals surface area contributed by atoms with Crippen LogP contribution in [-0.4, -0.2) is 101 Å². The van der Waals surface area contributed by atoms with E-state index in [2.05, 4.69) is 41.2 Å². The third-order valence-corrected chi connectivity index (χ3v) is 6.77. The van der Waals surface area contributed by atoms with E-state index in [1.165, 1.54) is 38.8 Å². The highest BCUT2D eigenvalue weighted by molar-refractivity contribution is 14.0. The Hall–Kier alpha value is -0.160. The van der Waals surface area contributed by atoms with Gasteiger partial charge in [-0.25, -0.2) is 0 Å². The highest BCUT2D eigenvalue weighted by Gasteiger charge is 2.27. The van der Waals surface area contributed by atoms with Gasteiger partial charge in [-0.2, -0.15) is 0 Å². The maximum Gasteiger partial charge on any atom is 0.191 e.